The predicted octanol–water partition coefficient (Wildman–Crippen LogP) is 7.04. The molecule has 0 radical (unpaired) electrons. The van der Waals surface area contributed by atoms with Crippen LogP contribution in [-0.4, -0.2) is 10.5 Å². The fourth-order valence-electron chi connectivity index (χ4n) is 5.58. The Hall–Kier alpha value is 0.700. The summed E-state index contributed by atoms with van der Waals surface area (Å²) in [7, 11) is 0. The van der Waals surface area contributed by atoms with Gasteiger partial charge in [0, 0.05) is 0 Å². The molecule has 2 atom stereocenters. The molecule has 0 aliphatic heterocycles. The van der Waals surface area contributed by atoms with E-state index >= 15 is 0 Å². The summed E-state index contributed by atoms with van der Waals surface area (Å²) in [6.45, 7) is 9.68. The first-order valence-corrected chi connectivity index (χ1v) is 11.2. The van der Waals surface area contributed by atoms with Crippen LogP contribution in [0.3, 0.4) is 0 Å². The van der Waals surface area contributed by atoms with Crippen molar-refractivity contribution in [3.05, 3.63) is 0 Å². The van der Waals surface area contributed by atoms with Crippen molar-refractivity contribution in [1.29, 1.82) is 0 Å². The highest BCUT2D eigenvalue weighted by molar-refractivity contribution is 7.81. The SMILES string of the molecule is CC(S)CC1CCC(C(C)(C)C2CCC(CC(C)S)CC2)CC1. The molecule has 2 aliphatic rings. The Bertz CT molecular complexity index is 300. The van der Waals surface area contributed by atoms with E-state index in [0.717, 1.165) is 23.7 Å². The van der Waals surface area contributed by atoms with Gasteiger partial charge in [0.25, 0.3) is 0 Å². The highest BCUT2D eigenvalue weighted by Crippen LogP contribution is 2.50. The number of hydrogen-bond donors (Lipinski definition) is 2. The summed E-state index contributed by atoms with van der Waals surface area (Å²) in [6.07, 6.45) is 14.3. The Labute approximate surface area is 156 Å². The quantitative estimate of drug-likeness (QED) is 0.468. The fraction of sp³-hybridized carbons (Fsp3) is 1.00. The van der Waals surface area contributed by atoms with E-state index in [1.165, 1.54) is 64.2 Å². The van der Waals surface area contributed by atoms with Crippen molar-refractivity contribution in [3.63, 3.8) is 0 Å². The zero-order valence-corrected chi connectivity index (χ0v) is 17.7. The average Bonchev–Trinajstić information content (AvgIpc) is 2.47. The topological polar surface area (TPSA) is 0 Å². The largest absolute Gasteiger partial charge is 0.176 e. The molecule has 2 fully saturated rings. The van der Waals surface area contributed by atoms with Crippen LogP contribution in [0.4, 0.5) is 0 Å². The van der Waals surface area contributed by atoms with Crippen molar-refractivity contribution in [2.24, 2.45) is 29.1 Å². The molecule has 2 rings (SSSR count). The first-order valence-electron chi connectivity index (χ1n) is 10.1. The monoisotopic (exact) mass is 356 g/mol. The minimum Gasteiger partial charge on any atom is -0.176 e. The Kier molecular flexibility index (Phi) is 7.73. The third-order valence-electron chi connectivity index (χ3n) is 7.15. The van der Waals surface area contributed by atoms with Crippen molar-refractivity contribution in [2.45, 2.75) is 102 Å². The van der Waals surface area contributed by atoms with Crippen LogP contribution in [0.15, 0.2) is 0 Å². The number of rotatable bonds is 6. The zero-order chi connectivity index (χ0) is 17.0. The van der Waals surface area contributed by atoms with Gasteiger partial charge in [-0.15, -0.1) is 0 Å². The molecular weight excluding hydrogens is 316 g/mol. The molecular formula is C21H40S2. The molecule has 2 heteroatoms. The van der Waals surface area contributed by atoms with Crippen molar-refractivity contribution >= 4 is 25.3 Å². The third kappa shape index (κ3) is 5.87. The van der Waals surface area contributed by atoms with E-state index in [4.69, 9.17) is 0 Å². The summed E-state index contributed by atoms with van der Waals surface area (Å²) in [4.78, 5) is 0. The molecule has 0 spiro atoms. The lowest BCUT2D eigenvalue weighted by Gasteiger charge is -2.47. The zero-order valence-electron chi connectivity index (χ0n) is 15.9. The van der Waals surface area contributed by atoms with Crippen LogP contribution < -0.4 is 0 Å². The Morgan fingerprint density at radius 2 is 1.00 bits per heavy atom. The van der Waals surface area contributed by atoms with Crippen molar-refractivity contribution in [3.8, 4) is 0 Å². The second kappa shape index (κ2) is 8.88. The molecule has 0 bridgehead atoms. The van der Waals surface area contributed by atoms with Crippen molar-refractivity contribution < 1.29 is 0 Å². The third-order valence-corrected chi connectivity index (χ3v) is 7.57. The smallest absolute Gasteiger partial charge is 0.000895 e. The first kappa shape index (κ1) is 20.0. The Morgan fingerprint density at radius 3 is 1.26 bits per heavy atom. The van der Waals surface area contributed by atoms with Gasteiger partial charge in [-0.2, -0.15) is 25.3 Å². The minimum atomic E-state index is 0.551. The van der Waals surface area contributed by atoms with Crippen molar-refractivity contribution in [2.75, 3.05) is 0 Å². The summed E-state index contributed by atoms with van der Waals surface area (Å²) >= 11 is 9.19. The average molecular weight is 357 g/mol. The lowest BCUT2D eigenvalue weighted by atomic mass is 9.59. The predicted molar refractivity (Wildman–Crippen MR) is 111 cm³/mol. The molecule has 0 aromatic heterocycles. The molecule has 0 heterocycles. The second-order valence-corrected chi connectivity index (χ2v) is 11.2. The maximum atomic E-state index is 4.60. The van der Waals surface area contributed by atoms with Crippen LogP contribution in [0.25, 0.3) is 0 Å². The molecule has 2 aliphatic carbocycles. The van der Waals surface area contributed by atoms with E-state index in [0.29, 0.717) is 15.9 Å². The summed E-state index contributed by atoms with van der Waals surface area (Å²) in [5.74, 6) is 3.81. The molecule has 0 aromatic rings. The van der Waals surface area contributed by atoms with E-state index in [1.807, 2.05) is 0 Å². The maximum absolute atomic E-state index is 4.60. The Morgan fingerprint density at radius 1 is 0.696 bits per heavy atom. The number of thiol groups is 2. The fourth-order valence-corrected chi connectivity index (χ4v) is 6.18. The normalized spacial score (nSPS) is 35.7. The summed E-state index contributed by atoms with van der Waals surface area (Å²) in [5.41, 5.74) is 0.551. The van der Waals surface area contributed by atoms with Crippen LogP contribution >= 0.6 is 25.3 Å². The van der Waals surface area contributed by atoms with Gasteiger partial charge in [0.15, 0.2) is 0 Å². The van der Waals surface area contributed by atoms with Gasteiger partial charge in [-0.05, 0) is 78.1 Å². The van der Waals surface area contributed by atoms with Gasteiger partial charge < -0.3 is 0 Å². The lowest BCUT2D eigenvalue weighted by molar-refractivity contribution is 0.0373. The van der Waals surface area contributed by atoms with E-state index in [1.54, 1.807) is 0 Å². The van der Waals surface area contributed by atoms with Gasteiger partial charge in [-0.25, -0.2) is 0 Å². The molecule has 136 valence electrons. The molecule has 0 aromatic carbocycles. The molecule has 0 saturated heterocycles. The Balaban J connectivity index is 1.81. The second-order valence-electron chi connectivity index (χ2n) is 9.43. The van der Waals surface area contributed by atoms with Gasteiger partial charge >= 0.3 is 0 Å². The van der Waals surface area contributed by atoms with Crippen LogP contribution in [0.1, 0.15) is 91.9 Å². The highest BCUT2D eigenvalue weighted by Gasteiger charge is 2.40. The molecule has 0 nitrogen and oxygen atoms in total. The molecule has 0 N–H and O–H groups in total. The summed E-state index contributed by atoms with van der Waals surface area (Å²) in [5, 5.41) is 1.16. The van der Waals surface area contributed by atoms with E-state index in [-0.39, 0.29) is 0 Å². The molecule has 2 unspecified atom stereocenters. The molecule has 2 saturated carbocycles. The minimum absolute atomic E-state index is 0.551. The van der Waals surface area contributed by atoms with E-state index in [2.05, 4.69) is 53.0 Å². The highest BCUT2D eigenvalue weighted by atomic mass is 32.1. The first-order chi connectivity index (χ1) is 10.8. The van der Waals surface area contributed by atoms with Crippen LogP contribution in [0, 0.1) is 29.1 Å². The van der Waals surface area contributed by atoms with E-state index in [9.17, 15) is 0 Å². The van der Waals surface area contributed by atoms with Crippen LogP contribution in [0.2, 0.25) is 0 Å². The van der Waals surface area contributed by atoms with Crippen molar-refractivity contribution in [1.82, 2.24) is 0 Å². The lowest BCUT2D eigenvalue weighted by Crippen LogP contribution is -2.37. The standard InChI is InChI=1S/C21H40S2/c1-15(22)13-17-5-9-19(10-6-17)21(3,4)20-11-7-18(8-12-20)14-16(2)23/h15-20,22-23H,5-14H2,1-4H3. The van der Waals surface area contributed by atoms with Gasteiger partial charge in [-0.3, -0.25) is 0 Å². The molecule has 23 heavy (non-hydrogen) atoms. The van der Waals surface area contributed by atoms with E-state index < -0.39 is 0 Å². The van der Waals surface area contributed by atoms with Gasteiger partial charge in [-0.1, -0.05) is 53.4 Å². The van der Waals surface area contributed by atoms with Crippen LogP contribution in [0.5, 0.6) is 0 Å². The summed E-state index contributed by atoms with van der Waals surface area (Å²) < 4.78 is 0. The van der Waals surface area contributed by atoms with Crippen LogP contribution in [-0.2, 0) is 0 Å². The van der Waals surface area contributed by atoms with Gasteiger partial charge in [0.05, 0.1) is 0 Å². The molecule has 0 amide bonds. The summed E-state index contributed by atoms with van der Waals surface area (Å²) in [6, 6.07) is 0. The maximum Gasteiger partial charge on any atom is -0.000895 e. The van der Waals surface area contributed by atoms with Gasteiger partial charge in [0.2, 0.25) is 0 Å². The van der Waals surface area contributed by atoms with Gasteiger partial charge in [0.1, 0.15) is 0 Å². The number of hydrogen-bond acceptors (Lipinski definition) is 2.